The largest absolute Gasteiger partial charge is 0.394 e. The third-order valence-corrected chi connectivity index (χ3v) is 9.47. The molecule has 3 aliphatic heterocycles. The lowest BCUT2D eigenvalue weighted by Crippen LogP contribution is -2.60. The van der Waals surface area contributed by atoms with E-state index in [0.717, 1.165) is 38.5 Å². The monoisotopic (exact) mass is 541 g/mol. The Morgan fingerprint density at radius 2 is 1.94 bits per heavy atom. The topological polar surface area (TPSA) is 108 Å². The van der Waals surface area contributed by atoms with Gasteiger partial charge < -0.3 is 25.4 Å². The molecule has 4 fully saturated rings. The van der Waals surface area contributed by atoms with Crippen molar-refractivity contribution in [3.05, 3.63) is 0 Å². The molecule has 0 radical (unpaired) electrons. The Labute approximate surface area is 211 Å². The second-order valence-electron chi connectivity index (χ2n) is 10.7. The Morgan fingerprint density at radius 3 is 2.56 bits per heavy atom. The van der Waals surface area contributed by atoms with E-state index in [1.54, 1.807) is 4.90 Å². The van der Waals surface area contributed by atoms with E-state index < -0.39 is 35.6 Å². The molecule has 3 N–H and O–H groups in total. The average molecular weight is 543 g/mol. The summed E-state index contributed by atoms with van der Waals surface area (Å²) in [5, 5.41) is 16.5. The molecule has 3 heterocycles. The standard InChI is InChI=1S/C25H40BrN3O5/c1-4-11-27-22(31)18-19-24(33)29(17(13-30)14(3)5-2)21(25(19)12-16(26)20(18)34-25)23(32)28-15-9-7-6-8-10-15/h14-21,30H,4-13H2,1-3H3,(H,27,31)(H,28,32)/t14-,16?,17-,18+,19-,20+,21?,25?/m0/s1. The van der Waals surface area contributed by atoms with E-state index in [2.05, 4.69) is 26.6 Å². The van der Waals surface area contributed by atoms with E-state index in [1.165, 1.54) is 6.42 Å². The van der Waals surface area contributed by atoms with Crippen LogP contribution in [0.5, 0.6) is 0 Å². The Hall–Kier alpha value is -1.19. The predicted octanol–water partition coefficient (Wildman–Crippen LogP) is 2.12. The minimum atomic E-state index is -1.07. The zero-order valence-corrected chi connectivity index (χ0v) is 22.2. The number of hydrogen-bond donors (Lipinski definition) is 3. The number of rotatable bonds is 9. The van der Waals surface area contributed by atoms with Crippen molar-refractivity contribution in [3.63, 3.8) is 0 Å². The normalized spacial score (nSPS) is 36.9. The van der Waals surface area contributed by atoms with Crippen LogP contribution in [0.1, 0.15) is 72.1 Å². The molecule has 3 amide bonds. The van der Waals surface area contributed by atoms with Gasteiger partial charge in [-0.3, -0.25) is 14.4 Å². The van der Waals surface area contributed by atoms with Crippen molar-refractivity contribution in [2.45, 2.75) is 107 Å². The van der Waals surface area contributed by atoms with Crippen molar-refractivity contribution < 1.29 is 24.2 Å². The fraction of sp³-hybridized carbons (Fsp3) is 0.880. The number of likely N-dealkylation sites (tertiary alicyclic amines) is 1. The van der Waals surface area contributed by atoms with E-state index in [1.807, 2.05) is 20.8 Å². The van der Waals surface area contributed by atoms with Gasteiger partial charge in [0.05, 0.1) is 30.6 Å². The van der Waals surface area contributed by atoms with Crippen LogP contribution in [-0.2, 0) is 19.1 Å². The van der Waals surface area contributed by atoms with Crippen LogP contribution in [0.4, 0.5) is 0 Å². The molecular formula is C25H40BrN3O5. The van der Waals surface area contributed by atoms with Crippen LogP contribution in [-0.4, -0.2) is 75.5 Å². The van der Waals surface area contributed by atoms with Gasteiger partial charge in [-0.05, 0) is 31.6 Å². The molecule has 3 saturated heterocycles. The minimum Gasteiger partial charge on any atom is -0.394 e. The van der Waals surface area contributed by atoms with Crippen LogP contribution < -0.4 is 10.6 Å². The van der Waals surface area contributed by atoms with Gasteiger partial charge >= 0.3 is 0 Å². The van der Waals surface area contributed by atoms with E-state index in [-0.39, 0.29) is 41.1 Å². The number of nitrogens with one attached hydrogen (secondary N) is 2. The van der Waals surface area contributed by atoms with Crippen molar-refractivity contribution in [2.75, 3.05) is 13.2 Å². The number of aliphatic hydroxyl groups is 1. The maximum Gasteiger partial charge on any atom is 0.246 e. The number of halogens is 1. The predicted molar refractivity (Wildman–Crippen MR) is 131 cm³/mol. The van der Waals surface area contributed by atoms with Crippen molar-refractivity contribution in [1.29, 1.82) is 0 Å². The highest BCUT2D eigenvalue weighted by atomic mass is 79.9. The molecular weight excluding hydrogens is 502 g/mol. The molecule has 2 bridgehead atoms. The summed E-state index contributed by atoms with van der Waals surface area (Å²) < 4.78 is 6.53. The highest BCUT2D eigenvalue weighted by molar-refractivity contribution is 9.09. The summed E-state index contributed by atoms with van der Waals surface area (Å²) in [6, 6.07) is -1.27. The molecule has 0 aromatic carbocycles. The van der Waals surface area contributed by atoms with Gasteiger partial charge in [-0.2, -0.15) is 0 Å². The molecule has 8 nitrogen and oxygen atoms in total. The number of hydrogen-bond acceptors (Lipinski definition) is 5. The quantitative estimate of drug-likeness (QED) is 0.387. The lowest BCUT2D eigenvalue weighted by molar-refractivity contribution is -0.147. The first kappa shape index (κ1) is 25.9. The van der Waals surface area contributed by atoms with Crippen LogP contribution in [0.3, 0.4) is 0 Å². The van der Waals surface area contributed by atoms with Gasteiger partial charge in [-0.25, -0.2) is 0 Å². The minimum absolute atomic E-state index is 0.00140. The van der Waals surface area contributed by atoms with Gasteiger partial charge in [0.15, 0.2) is 0 Å². The van der Waals surface area contributed by atoms with E-state index in [4.69, 9.17) is 4.74 Å². The molecule has 3 unspecified atom stereocenters. The van der Waals surface area contributed by atoms with Crippen molar-refractivity contribution in [1.82, 2.24) is 15.5 Å². The average Bonchev–Trinajstić information content (AvgIpc) is 3.42. The second-order valence-corrected chi connectivity index (χ2v) is 11.9. The summed E-state index contributed by atoms with van der Waals surface area (Å²) in [6.45, 7) is 6.29. The summed E-state index contributed by atoms with van der Waals surface area (Å²) in [5.41, 5.74) is -1.07. The molecule has 1 aliphatic carbocycles. The van der Waals surface area contributed by atoms with Crippen molar-refractivity contribution >= 4 is 33.7 Å². The number of nitrogens with zero attached hydrogens (tertiary/aromatic N) is 1. The lowest BCUT2D eigenvalue weighted by Gasteiger charge is -2.39. The Balaban J connectivity index is 1.72. The summed E-state index contributed by atoms with van der Waals surface area (Å²) in [7, 11) is 0. The van der Waals surface area contributed by atoms with Crippen molar-refractivity contribution in [3.8, 4) is 0 Å². The maximum absolute atomic E-state index is 14.1. The van der Waals surface area contributed by atoms with E-state index in [9.17, 15) is 19.5 Å². The van der Waals surface area contributed by atoms with Crippen LogP contribution >= 0.6 is 15.9 Å². The first-order valence-corrected chi connectivity index (χ1v) is 14.0. The molecule has 8 atom stereocenters. The third-order valence-electron chi connectivity index (χ3n) is 8.62. The van der Waals surface area contributed by atoms with Crippen LogP contribution in [0.2, 0.25) is 0 Å². The van der Waals surface area contributed by atoms with Gasteiger partial charge in [-0.15, -0.1) is 0 Å². The number of fused-ring (bicyclic) bond motifs is 1. The van der Waals surface area contributed by atoms with Crippen molar-refractivity contribution in [2.24, 2.45) is 17.8 Å². The molecule has 9 heteroatoms. The maximum atomic E-state index is 14.1. The first-order valence-electron chi connectivity index (χ1n) is 13.1. The van der Waals surface area contributed by atoms with Gasteiger partial charge in [0.2, 0.25) is 17.7 Å². The molecule has 1 saturated carbocycles. The number of alkyl halides is 1. The summed E-state index contributed by atoms with van der Waals surface area (Å²) >= 11 is 3.70. The molecule has 34 heavy (non-hydrogen) atoms. The second kappa shape index (κ2) is 10.4. The first-order chi connectivity index (χ1) is 16.3. The molecule has 192 valence electrons. The zero-order chi connectivity index (χ0) is 24.6. The molecule has 0 aromatic heterocycles. The Kier molecular flexibility index (Phi) is 7.94. The van der Waals surface area contributed by atoms with E-state index >= 15 is 0 Å². The number of carbonyl (C=O) groups excluding carboxylic acids is 3. The summed E-state index contributed by atoms with van der Waals surface area (Å²) in [5.74, 6) is -2.00. The highest BCUT2D eigenvalue weighted by Gasteiger charge is 2.77. The zero-order valence-electron chi connectivity index (χ0n) is 20.6. The van der Waals surface area contributed by atoms with Gasteiger partial charge in [0.25, 0.3) is 0 Å². The number of aliphatic hydroxyl groups excluding tert-OH is 1. The van der Waals surface area contributed by atoms with Gasteiger partial charge in [0, 0.05) is 17.4 Å². The van der Waals surface area contributed by atoms with Crippen LogP contribution in [0, 0.1) is 17.8 Å². The smallest absolute Gasteiger partial charge is 0.246 e. The van der Waals surface area contributed by atoms with Crippen LogP contribution in [0.15, 0.2) is 0 Å². The third kappa shape index (κ3) is 4.19. The summed E-state index contributed by atoms with van der Waals surface area (Å²) in [4.78, 5) is 42.7. The van der Waals surface area contributed by atoms with E-state index in [0.29, 0.717) is 13.0 Å². The lowest BCUT2D eigenvalue weighted by atomic mass is 9.70. The van der Waals surface area contributed by atoms with Gasteiger partial charge in [0.1, 0.15) is 11.6 Å². The van der Waals surface area contributed by atoms with Crippen LogP contribution in [0.25, 0.3) is 0 Å². The Bertz CT molecular complexity index is 791. The molecule has 4 aliphatic rings. The fourth-order valence-electron chi connectivity index (χ4n) is 6.73. The molecule has 0 aromatic rings. The fourth-order valence-corrected chi connectivity index (χ4v) is 7.67. The number of amides is 3. The van der Waals surface area contributed by atoms with Gasteiger partial charge in [-0.1, -0.05) is 62.4 Å². The Morgan fingerprint density at radius 1 is 1.24 bits per heavy atom. The molecule has 4 rings (SSSR count). The number of carbonyl (C=O) groups is 3. The summed E-state index contributed by atoms with van der Waals surface area (Å²) in [6.07, 6.45) is 6.81. The number of ether oxygens (including phenoxy) is 1. The highest BCUT2D eigenvalue weighted by Crippen LogP contribution is 2.60. The SMILES string of the molecule is CCCNC(=O)[C@H]1[C@@H]2OC3(CC2Br)C(C(=O)NC2CCCCC2)N([C@@H](CO)[C@@H](C)CC)C(=O)[C@H]13. The molecule has 1 spiro atoms.